The molecule has 1 aromatic carbocycles. The van der Waals surface area contributed by atoms with Crippen LogP contribution in [-0.4, -0.2) is 60.0 Å². The zero-order valence-corrected chi connectivity index (χ0v) is 15.0. The Labute approximate surface area is 156 Å². The lowest BCUT2D eigenvalue weighted by Crippen LogP contribution is -2.52. The van der Waals surface area contributed by atoms with Crippen molar-refractivity contribution in [3.63, 3.8) is 0 Å². The summed E-state index contributed by atoms with van der Waals surface area (Å²) < 4.78 is 18.8. The summed E-state index contributed by atoms with van der Waals surface area (Å²) in [5.74, 6) is -0.348. The summed E-state index contributed by atoms with van der Waals surface area (Å²) in [4.78, 5) is 23.6. The van der Waals surface area contributed by atoms with Gasteiger partial charge in [-0.2, -0.15) is 0 Å². The van der Waals surface area contributed by atoms with Gasteiger partial charge in [0.05, 0.1) is 35.7 Å². The minimum Gasteiger partial charge on any atom is -0.373 e. The molecule has 0 aliphatic carbocycles. The third-order valence-corrected chi connectivity index (χ3v) is 4.68. The molecule has 0 spiro atoms. The van der Waals surface area contributed by atoms with E-state index in [9.17, 15) is 9.18 Å². The van der Waals surface area contributed by atoms with Crippen LogP contribution in [0.4, 0.5) is 10.1 Å². The number of piperazine rings is 1. The summed E-state index contributed by atoms with van der Waals surface area (Å²) in [5.41, 5.74) is 1.59. The number of aldehydes is 1. The maximum absolute atomic E-state index is 13.2. The Balaban J connectivity index is 1.50. The molecule has 1 aliphatic heterocycles. The number of halogens is 2. The predicted molar refractivity (Wildman–Crippen MR) is 96.7 cm³/mol. The standard InChI is InChI=1S/C18H20ClFN4O2/c19-17-9-14(20)1-2-18(17)24-7-5-23(6-8-24)16(10-25)12-26-11-15-3-4-21-13-22-15/h1-4,9-10,13,16H,5-8,11-12H2. The van der Waals surface area contributed by atoms with Crippen molar-refractivity contribution in [3.8, 4) is 0 Å². The fourth-order valence-electron chi connectivity index (χ4n) is 2.95. The van der Waals surface area contributed by atoms with Crippen molar-refractivity contribution in [2.75, 3.05) is 37.7 Å². The molecule has 2 aromatic rings. The molecule has 138 valence electrons. The number of ether oxygens (including phenoxy) is 1. The average molecular weight is 379 g/mol. The summed E-state index contributed by atoms with van der Waals surface area (Å²) in [6.45, 7) is 3.48. The van der Waals surface area contributed by atoms with Gasteiger partial charge in [0.15, 0.2) is 0 Å². The SMILES string of the molecule is O=CC(COCc1ccncn1)N1CCN(c2ccc(F)cc2Cl)CC1. The highest BCUT2D eigenvalue weighted by Gasteiger charge is 2.24. The van der Waals surface area contributed by atoms with Gasteiger partial charge in [-0.25, -0.2) is 14.4 Å². The highest BCUT2D eigenvalue weighted by atomic mass is 35.5. The van der Waals surface area contributed by atoms with Gasteiger partial charge < -0.3 is 14.4 Å². The maximum atomic E-state index is 13.2. The molecule has 1 aliphatic rings. The van der Waals surface area contributed by atoms with E-state index < -0.39 is 0 Å². The van der Waals surface area contributed by atoms with Gasteiger partial charge in [-0.3, -0.25) is 4.90 Å². The third kappa shape index (κ3) is 4.75. The monoisotopic (exact) mass is 378 g/mol. The van der Waals surface area contributed by atoms with E-state index in [4.69, 9.17) is 16.3 Å². The van der Waals surface area contributed by atoms with Crippen LogP contribution in [-0.2, 0) is 16.1 Å². The first-order valence-electron chi connectivity index (χ1n) is 8.39. The number of hydrogen-bond donors (Lipinski definition) is 0. The number of hydrogen-bond acceptors (Lipinski definition) is 6. The van der Waals surface area contributed by atoms with E-state index in [1.807, 2.05) is 0 Å². The summed E-state index contributed by atoms with van der Waals surface area (Å²) in [6, 6.07) is 5.89. The number of aromatic nitrogens is 2. The van der Waals surface area contributed by atoms with Gasteiger partial charge in [0.2, 0.25) is 0 Å². The molecule has 6 nitrogen and oxygen atoms in total. The second-order valence-corrected chi connectivity index (χ2v) is 6.45. The molecule has 1 atom stereocenters. The largest absolute Gasteiger partial charge is 0.373 e. The van der Waals surface area contributed by atoms with Crippen LogP contribution in [0.15, 0.2) is 36.8 Å². The Morgan fingerprint density at radius 2 is 2.08 bits per heavy atom. The van der Waals surface area contributed by atoms with Crippen LogP contribution in [0.5, 0.6) is 0 Å². The summed E-state index contributed by atoms with van der Waals surface area (Å²) in [5, 5.41) is 0.401. The highest BCUT2D eigenvalue weighted by Crippen LogP contribution is 2.27. The number of benzene rings is 1. The van der Waals surface area contributed by atoms with Gasteiger partial charge in [-0.15, -0.1) is 0 Å². The van der Waals surface area contributed by atoms with Crippen molar-refractivity contribution >= 4 is 23.6 Å². The third-order valence-electron chi connectivity index (χ3n) is 4.37. The molecule has 2 heterocycles. The van der Waals surface area contributed by atoms with Gasteiger partial charge in [0.1, 0.15) is 18.4 Å². The lowest BCUT2D eigenvalue weighted by molar-refractivity contribution is -0.115. The zero-order chi connectivity index (χ0) is 18.4. The first-order valence-corrected chi connectivity index (χ1v) is 8.77. The lowest BCUT2D eigenvalue weighted by Gasteiger charge is -2.38. The molecule has 26 heavy (non-hydrogen) atoms. The van der Waals surface area contributed by atoms with Crippen LogP contribution in [0, 0.1) is 5.82 Å². The van der Waals surface area contributed by atoms with Gasteiger partial charge in [0.25, 0.3) is 0 Å². The molecule has 1 saturated heterocycles. The molecule has 8 heteroatoms. The van der Waals surface area contributed by atoms with Crippen molar-refractivity contribution in [3.05, 3.63) is 53.3 Å². The minimum atomic E-state index is -0.348. The number of rotatable bonds is 7. The van der Waals surface area contributed by atoms with Crippen LogP contribution in [0.2, 0.25) is 5.02 Å². The molecule has 0 radical (unpaired) electrons. The normalized spacial score (nSPS) is 16.5. The van der Waals surface area contributed by atoms with E-state index in [0.717, 1.165) is 17.7 Å². The number of anilines is 1. The first kappa shape index (κ1) is 18.7. The molecule has 1 fully saturated rings. The molecule has 0 N–H and O–H groups in total. The molecule has 1 unspecified atom stereocenters. The van der Waals surface area contributed by atoms with Crippen LogP contribution >= 0.6 is 11.6 Å². The van der Waals surface area contributed by atoms with E-state index in [1.165, 1.54) is 18.5 Å². The molecule has 0 saturated carbocycles. The molecule has 0 amide bonds. The highest BCUT2D eigenvalue weighted by molar-refractivity contribution is 6.33. The smallest absolute Gasteiger partial charge is 0.139 e. The van der Waals surface area contributed by atoms with Crippen molar-refractivity contribution in [1.82, 2.24) is 14.9 Å². The molecular formula is C18H20ClFN4O2. The Hall–Kier alpha value is -2.09. The van der Waals surface area contributed by atoms with E-state index >= 15 is 0 Å². The second-order valence-electron chi connectivity index (χ2n) is 6.04. The fraction of sp³-hybridized carbons (Fsp3) is 0.389. The molecule has 0 bridgehead atoms. The van der Waals surface area contributed by atoms with E-state index in [0.29, 0.717) is 44.4 Å². The maximum Gasteiger partial charge on any atom is 0.139 e. The van der Waals surface area contributed by atoms with Gasteiger partial charge in [-0.1, -0.05) is 11.6 Å². The minimum absolute atomic E-state index is 0.303. The first-order chi connectivity index (χ1) is 12.7. The van der Waals surface area contributed by atoms with Crippen LogP contribution < -0.4 is 4.90 Å². The van der Waals surface area contributed by atoms with Crippen molar-refractivity contribution in [1.29, 1.82) is 0 Å². The Bertz CT molecular complexity index is 726. The van der Waals surface area contributed by atoms with Crippen molar-refractivity contribution in [2.24, 2.45) is 0 Å². The Morgan fingerprint density at radius 1 is 1.27 bits per heavy atom. The van der Waals surface area contributed by atoms with Crippen molar-refractivity contribution in [2.45, 2.75) is 12.6 Å². The van der Waals surface area contributed by atoms with Crippen molar-refractivity contribution < 1.29 is 13.9 Å². The Morgan fingerprint density at radius 3 is 2.73 bits per heavy atom. The number of carbonyl (C=O) groups is 1. The van der Waals surface area contributed by atoms with Gasteiger partial charge >= 0.3 is 0 Å². The predicted octanol–water partition coefficient (Wildman–Crippen LogP) is 2.18. The fourth-order valence-corrected chi connectivity index (χ4v) is 3.24. The summed E-state index contributed by atoms with van der Waals surface area (Å²) in [6.07, 6.45) is 4.04. The van der Waals surface area contributed by atoms with E-state index in [-0.39, 0.29) is 11.9 Å². The van der Waals surface area contributed by atoms with Gasteiger partial charge in [-0.05, 0) is 24.3 Å². The molecule has 1 aromatic heterocycles. The molecule has 3 rings (SSSR count). The second kappa shape index (κ2) is 9.02. The van der Waals surface area contributed by atoms with Crippen LogP contribution in [0.25, 0.3) is 0 Å². The lowest BCUT2D eigenvalue weighted by atomic mass is 10.2. The quantitative estimate of drug-likeness (QED) is 0.688. The molecular weight excluding hydrogens is 359 g/mol. The van der Waals surface area contributed by atoms with Crippen LogP contribution in [0.3, 0.4) is 0 Å². The summed E-state index contributed by atoms with van der Waals surface area (Å²) in [7, 11) is 0. The number of nitrogens with zero attached hydrogens (tertiary/aromatic N) is 4. The van der Waals surface area contributed by atoms with E-state index in [2.05, 4.69) is 19.8 Å². The van der Waals surface area contributed by atoms with Crippen LogP contribution in [0.1, 0.15) is 5.69 Å². The Kier molecular flexibility index (Phi) is 6.49. The zero-order valence-electron chi connectivity index (χ0n) is 14.2. The summed E-state index contributed by atoms with van der Waals surface area (Å²) >= 11 is 6.13. The topological polar surface area (TPSA) is 58.6 Å². The number of carbonyl (C=O) groups excluding carboxylic acids is 1. The average Bonchev–Trinajstić information content (AvgIpc) is 2.66. The van der Waals surface area contributed by atoms with E-state index in [1.54, 1.807) is 18.3 Å². The van der Waals surface area contributed by atoms with Gasteiger partial charge in [0, 0.05) is 32.4 Å².